The minimum absolute atomic E-state index is 0.263. The topological polar surface area (TPSA) is 67.3 Å². The third-order valence-electron chi connectivity index (χ3n) is 2.58. The normalized spacial score (nSPS) is 10.8. The van der Waals surface area contributed by atoms with Gasteiger partial charge in [-0.15, -0.1) is 0 Å². The Morgan fingerprint density at radius 2 is 1.65 bits per heavy atom. The second-order valence-corrected chi connectivity index (χ2v) is 5.48. The lowest BCUT2D eigenvalue weighted by molar-refractivity contribution is 1.06. The first-order chi connectivity index (χ1) is 9.65. The number of nitrogens with zero attached hydrogens (tertiary/aromatic N) is 4. The molecule has 0 amide bonds. The summed E-state index contributed by atoms with van der Waals surface area (Å²) in [6.45, 7) is 0. The summed E-state index contributed by atoms with van der Waals surface area (Å²) in [6, 6.07) is 7.56. The Morgan fingerprint density at radius 1 is 1.00 bits per heavy atom. The van der Waals surface area contributed by atoms with Crippen LogP contribution < -0.4 is 0 Å². The highest BCUT2D eigenvalue weighted by Crippen LogP contribution is 2.34. The predicted molar refractivity (Wildman–Crippen MR) is 80.6 cm³/mol. The Labute approximate surface area is 132 Å². The van der Waals surface area contributed by atoms with Crippen LogP contribution in [0.1, 0.15) is 0 Å². The summed E-state index contributed by atoms with van der Waals surface area (Å²) in [4.78, 5) is 12.4. The number of hydrogen-bond acceptors (Lipinski definition) is 4. The number of hydrogen-bond donors (Lipinski definition) is 1. The van der Waals surface area contributed by atoms with Crippen molar-refractivity contribution in [2.75, 3.05) is 0 Å². The number of aromatic amines is 1. The van der Waals surface area contributed by atoms with E-state index in [0.29, 0.717) is 17.2 Å². The molecule has 0 aliphatic carbocycles. The number of aromatic nitrogens is 5. The molecule has 1 aromatic carbocycles. The van der Waals surface area contributed by atoms with Crippen LogP contribution in [-0.4, -0.2) is 25.1 Å². The van der Waals surface area contributed by atoms with Crippen molar-refractivity contribution < 1.29 is 0 Å². The first kappa shape index (κ1) is 13.5. The summed E-state index contributed by atoms with van der Waals surface area (Å²) < 4.78 is 0.965. The minimum Gasteiger partial charge on any atom is -0.257 e. The molecule has 2 aromatic heterocycles. The number of halogens is 3. The van der Waals surface area contributed by atoms with Gasteiger partial charge in [-0.25, -0.2) is 15.0 Å². The van der Waals surface area contributed by atoms with Crippen LogP contribution in [0.5, 0.6) is 0 Å². The van der Waals surface area contributed by atoms with Gasteiger partial charge in [0.25, 0.3) is 0 Å². The molecule has 3 aromatic rings. The Bertz CT molecular complexity index is 720. The number of nitrogens with one attached hydrogen (secondary N) is 1. The first-order valence-corrected chi connectivity index (χ1v) is 7.05. The molecule has 0 radical (unpaired) electrons. The maximum atomic E-state index is 6.22. The van der Waals surface area contributed by atoms with E-state index < -0.39 is 0 Å². The highest BCUT2D eigenvalue weighted by molar-refractivity contribution is 9.10. The third-order valence-corrected chi connectivity index (χ3v) is 3.66. The molecular weight excluding hydrogens is 365 g/mol. The highest BCUT2D eigenvalue weighted by Gasteiger charge is 2.15. The van der Waals surface area contributed by atoms with Gasteiger partial charge in [-0.3, -0.25) is 5.10 Å². The summed E-state index contributed by atoms with van der Waals surface area (Å²) >= 11 is 15.8. The molecule has 0 atom stereocenters. The largest absolute Gasteiger partial charge is 0.257 e. The lowest BCUT2D eigenvalue weighted by Gasteiger charge is -2.07. The molecule has 0 saturated carbocycles. The minimum atomic E-state index is 0.263. The van der Waals surface area contributed by atoms with Gasteiger partial charge in [0.05, 0.1) is 5.56 Å². The molecule has 0 bridgehead atoms. The average Bonchev–Trinajstić information content (AvgIpc) is 2.94. The van der Waals surface area contributed by atoms with Crippen molar-refractivity contribution >= 4 is 39.1 Å². The van der Waals surface area contributed by atoms with E-state index in [1.807, 2.05) is 24.3 Å². The Kier molecular flexibility index (Phi) is 3.69. The Hall–Kier alpha value is -1.50. The Morgan fingerprint density at radius 3 is 2.20 bits per heavy atom. The molecule has 8 heteroatoms. The molecule has 0 spiro atoms. The van der Waals surface area contributed by atoms with Gasteiger partial charge < -0.3 is 0 Å². The number of H-pyrrole nitrogens is 1. The second-order valence-electron chi connectivity index (χ2n) is 3.84. The van der Waals surface area contributed by atoms with Gasteiger partial charge in [0.2, 0.25) is 0 Å². The summed E-state index contributed by atoms with van der Waals surface area (Å²) in [6.07, 6.45) is 1.36. The van der Waals surface area contributed by atoms with Crippen LogP contribution >= 0.6 is 39.1 Å². The SMILES string of the molecule is Clc1nc(-c2ncn[nH]2)nc(Cl)c1-c1ccc(Br)cc1. The van der Waals surface area contributed by atoms with Crippen molar-refractivity contribution in [3.63, 3.8) is 0 Å². The van der Waals surface area contributed by atoms with Crippen LogP contribution in [0.15, 0.2) is 35.1 Å². The van der Waals surface area contributed by atoms with Crippen molar-refractivity contribution in [1.82, 2.24) is 25.1 Å². The summed E-state index contributed by atoms with van der Waals surface area (Å²) in [7, 11) is 0. The monoisotopic (exact) mass is 369 g/mol. The lowest BCUT2D eigenvalue weighted by atomic mass is 10.1. The van der Waals surface area contributed by atoms with Crippen LogP contribution in [0, 0.1) is 0 Å². The first-order valence-electron chi connectivity index (χ1n) is 5.50. The molecule has 5 nitrogen and oxygen atoms in total. The average molecular weight is 371 g/mol. The zero-order valence-electron chi connectivity index (χ0n) is 9.81. The van der Waals surface area contributed by atoms with Crippen LogP contribution in [0.25, 0.3) is 22.8 Å². The number of benzene rings is 1. The predicted octanol–water partition coefficient (Wildman–Crippen LogP) is 4.00. The van der Waals surface area contributed by atoms with Gasteiger partial charge in [0.1, 0.15) is 16.6 Å². The van der Waals surface area contributed by atoms with Gasteiger partial charge >= 0.3 is 0 Å². The molecule has 0 unspecified atom stereocenters. The van der Waals surface area contributed by atoms with Crippen molar-refractivity contribution in [1.29, 1.82) is 0 Å². The molecule has 0 aliphatic heterocycles. The lowest BCUT2D eigenvalue weighted by Crippen LogP contribution is -1.96. The fraction of sp³-hybridized carbons (Fsp3) is 0. The zero-order chi connectivity index (χ0) is 14.1. The van der Waals surface area contributed by atoms with Crippen LogP contribution in [0.3, 0.4) is 0 Å². The van der Waals surface area contributed by atoms with Gasteiger partial charge in [0.15, 0.2) is 11.6 Å². The summed E-state index contributed by atoms with van der Waals surface area (Å²) in [5.74, 6) is 0.717. The fourth-order valence-electron chi connectivity index (χ4n) is 1.68. The highest BCUT2D eigenvalue weighted by atomic mass is 79.9. The van der Waals surface area contributed by atoms with E-state index in [1.54, 1.807) is 0 Å². The quantitative estimate of drug-likeness (QED) is 0.692. The van der Waals surface area contributed by atoms with Crippen LogP contribution in [-0.2, 0) is 0 Å². The molecule has 0 aliphatic rings. The molecular formula is C12H6BrCl2N5. The van der Waals surface area contributed by atoms with Crippen molar-refractivity contribution in [2.45, 2.75) is 0 Å². The van der Waals surface area contributed by atoms with E-state index in [4.69, 9.17) is 23.2 Å². The molecule has 100 valence electrons. The molecule has 3 rings (SSSR count). The Balaban J connectivity index is 2.11. The van der Waals surface area contributed by atoms with Crippen LogP contribution in [0.4, 0.5) is 0 Å². The molecule has 0 saturated heterocycles. The van der Waals surface area contributed by atoms with Crippen molar-refractivity contribution in [3.8, 4) is 22.8 Å². The van der Waals surface area contributed by atoms with Gasteiger partial charge in [-0.1, -0.05) is 51.3 Å². The fourth-order valence-corrected chi connectivity index (χ4v) is 2.55. The smallest absolute Gasteiger partial charge is 0.200 e. The van der Waals surface area contributed by atoms with E-state index in [1.165, 1.54) is 6.33 Å². The standard InChI is InChI=1S/C12H6BrCl2N5/c13-7-3-1-6(2-4-7)8-9(14)18-12(19-10(8)15)11-16-5-17-20-11/h1-5H,(H,16,17,20). The van der Waals surface area contributed by atoms with E-state index >= 15 is 0 Å². The van der Waals surface area contributed by atoms with E-state index in [-0.39, 0.29) is 10.3 Å². The van der Waals surface area contributed by atoms with E-state index in [9.17, 15) is 0 Å². The van der Waals surface area contributed by atoms with Gasteiger partial charge in [-0.05, 0) is 17.7 Å². The van der Waals surface area contributed by atoms with Crippen molar-refractivity contribution in [2.24, 2.45) is 0 Å². The van der Waals surface area contributed by atoms with E-state index in [2.05, 4.69) is 41.1 Å². The third kappa shape index (κ3) is 2.54. The summed E-state index contributed by atoms with van der Waals surface area (Å²) in [5.41, 5.74) is 1.43. The summed E-state index contributed by atoms with van der Waals surface area (Å²) in [5, 5.41) is 6.93. The second kappa shape index (κ2) is 5.47. The molecule has 1 N–H and O–H groups in total. The van der Waals surface area contributed by atoms with Gasteiger partial charge in [0, 0.05) is 4.47 Å². The molecule has 20 heavy (non-hydrogen) atoms. The molecule has 2 heterocycles. The molecule has 0 fully saturated rings. The van der Waals surface area contributed by atoms with Crippen molar-refractivity contribution in [3.05, 3.63) is 45.4 Å². The maximum absolute atomic E-state index is 6.22. The maximum Gasteiger partial charge on any atom is 0.200 e. The van der Waals surface area contributed by atoms with Crippen LogP contribution in [0.2, 0.25) is 10.3 Å². The zero-order valence-corrected chi connectivity index (χ0v) is 12.9. The number of rotatable bonds is 2. The van der Waals surface area contributed by atoms with E-state index in [0.717, 1.165) is 10.0 Å². The van der Waals surface area contributed by atoms with Gasteiger partial charge in [-0.2, -0.15) is 5.10 Å².